The summed E-state index contributed by atoms with van der Waals surface area (Å²) < 4.78 is 2.67. The van der Waals surface area contributed by atoms with Crippen molar-refractivity contribution < 1.29 is 0 Å². The molecule has 0 aliphatic heterocycles. The summed E-state index contributed by atoms with van der Waals surface area (Å²) in [5.41, 5.74) is 10.7. The molecular weight excluding hydrogens is 693 g/mol. The first-order chi connectivity index (χ1) is 27.5. The van der Waals surface area contributed by atoms with E-state index in [0.717, 1.165) is 0 Å². The van der Waals surface area contributed by atoms with Crippen LogP contribution in [0.25, 0.3) is 118 Å². The van der Waals surface area contributed by atoms with E-state index in [0.29, 0.717) is 0 Å². The Morgan fingerprint density at radius 3 is 1.54 bits per heavy atom. The molecule has 0 nitrogen and oxygen atoms in total. The maximum absolute atomic E-state index is 2.46. The summed E-state index contributed by atoms with van der Waals surface area (Å²) in [5.74, 6) is 0. The Balaban J connectivity index is 1.01. The van der Waals surface area contributed by atoms with E-state index in [1.54, 1.807) is 0 Å². The summed E-state index contributed by atoms with van der Waals surface area (Å²) in [7, 11) is 0. The molecule has 1 aliphatic rings. The maximum Gasteiger partial charge on any atom is 0.0362 e. The lowest BCUT2D eigenvalue weighted by Crippen LogP contribution is -2.14. The van der Waals surface area contributed by atoms with Gasteiger partial charge in [0.05, 0.1) is 0 Å². The minimum Gasteiger partial charge on any atom is -0.135 e. The van der Waals surface area contributed by atoms with Crippen LogP contribution in [0.3, 0.4) is 0 Å². The maximum atomic E-state index is 2.46. The molecule has 1 aliphatic carbocycles. The van der Waals surface area contributed by atoms with E-state index in [1.165, 1.54) is 129 Å². The highest BCUT2D eigenvalue weighted by Crippen LogP contribution is 2.51. The fourth-order valence-electron chi connectivity index (χ4n) is 10.6. The van der Waals surface area contributed by atoms with Crippen LogP contribution in [0.15, 0.2) is 170 Å². The molecule has 0 saturated heterocycles. The summed E-state index contributed by atoms with van der Waals surface area (Å²) in [6.07, 6.45) is 0. The van der Waals surface area contributed by atoms with Crippen molar-refractivity contribution in [2.45, 2.75) is 19.3 Å². The van der Waals surface area contributed by atoms with Crippen LogP contribution in [0.5, 0.6) is 0 Å². The van der Waals surface area contributed by atoms with Gasteiger partial charge in [-0.15, -0.1) is 11.3 Å². The van der Waals surface area contributed by atoms with E-state index < -0.39 is 0 Å². The molecular formula is C55H34S. The standard InChI is InChI=1S/C55H34S/c1-55(2)47-14-8-7-12-40(47)41-23-19-33(29-48(41)55)35-21-15-31-18-25-44-36(22-16-32-17-24-43(35)51(31)52(32)44)34-20-26-46-50(30-34)56-49-28-27-45-39-11-4-3-9-37(39)38-10-5-6-13-42(38)53(45)54(46)49/h3-30H,1-2H3. The van der Waals surface area contributed by atoms with Crippen molar-refractivity contribution in [1.29, 1.82) is 0 Å². The SMILES string of the molecule is CC1(C)c2ccccc2-c2ccc(-c3ccc4ccc5c(-c6ccc7c(c6)sc6ccc8c9ccccc9c9ccccc9c8c67)ccc6ccc3c4c65)cc21. The van der Waals surface area contributed by atoms with Gasteiger partial charge >= 0.3 is 0 Å². The number of thiophene rings is 1. The Morgan fingerprint density at radius 2 is 0.821 bits per heavy atom. The number of hydrogen-bond donors (Lipinski definition) is 0. The third-order valence-corrected chi connectivity index (χ3v) is 14.3. The van der Waals surface area contributed by atoms with Gasteiger partial charge in [-0.05, 0) is 127 Å². The van der Waals surface area contributed by atoms with Gasteiger partial charge in [0.15, 0.2) is 0 Å². The molecule has 0 saturated carbocycles. The molecule has 0 amide bonds. The topological polar surface area (TPSA) is 0 Å². The Labute approximate surface area is 328 Å². The van der Waals surface area contributed by atoms with Gasteiger partial charge in [0.25, 0.3) is 0 Å². The second-order valence-electron chi connectivity index (χ2n) is 16.3. The van der Waals surface area contributed by atoms with Gasteiger partial charge in [0.2, 0.25) is 0 Å². The van der Waals surface area contributed by atoms with Crippen molar-refractivity contribution in [2.75, 3.05) is 0 Å². The zero-order valence-electron chi connectivity index (χ0n) is 31.1. The molecule has 0 unspecified atom stereocenters. The minimum atomic E-state index is -0.0363. The van der Waals surface area contributed by atoms with E-state index in [2.05, 4.69) is 184 Å². The van der Waals surface area contributed by atoms with Crippen LogP contribution >= 0.6 is 11.3 Å². The number of hydrogen-bond acceptors (Lipinski definition) is 1. The fraction of sp³-hybridized carbons (Fsp3) is 0.0545. The van der Waals surface area contributed by atoms with Crippen LogP contribution in [-0.4, -0.2) is 0 Å². The normalized spacial score (nSPS) is 13.7. The summed E-state index contributed by atoms with van der Waals surface area (Å²) in [6, 6.07) is 64.5. The van der Waals surface area contributed by atoms with Gasteiger partial charge in [0, 0.05) is 25.6 Å². The zero-order valence-corrected chi connectivity index (χ0v) is 31.9. The summed E-state index contributed by atoms with van der Waals surface area (Å²) >= 11 is 1.92. The molecule has 13 rings (SSSR count). The molecule has 1 heteroatoms. The molecule has 0 spiro atoms. The summed E-state index contributed by atoms with van der Waals surface area (Å²) in [6.45, 7) is 4.74. The van der Waals surface area contributed by atoms with Crippen molar-refractivity contribution in [3.8, 4) is 33.4 Å². The highest BCUT2D eigenvalue weighted by Gasteiger charge is 2.35. The molecule has 56 heavy (non-hydrogen) atoms. The fourth-order valence-corrected chi connectivity index (χ4v) is 11.8. The summed E-state index contributed by atoms with van der Waals surface area (Å²) in [5, 5.41) is 18.6. The minimum absolute atomic E-state index is 0.0363. The molecule has 260 valence electrons. The predicted molar refractivity (Wildman–Crippen MR) is 244 cm³/mol. The first-order valence-corrected chi connectivity index (χ1v) is 20.5. The third kappa shape index (κ3) is 3.93. The van der Waals surface area contributed by atoms with Gasteiger partial charge in [-0.3, -0.25) is 0 Å². The second kappa shape index (κ2) is 10.8. The largest absolute Gasteiger partial charge is 0.135 e. The predicted octanol–water partition coefficient (Wildman–Crippen LogP) is 16.1. The van der Waals surface area contributed by atoms with Gasteiger partial charge in [-0.2, -0.15) is 0 Å². The average molecular weight is 727 g/mol. The average Bonchev–Trinajstić information content (AvgIpc) is 3.73. The molecule has 0 radical (unpaired) electrons. The second-order valence-corrected chi connectivity index (χ2v) is 17.4. The molecule has 0 bridgehead atoms. The first-order valence-electron chi connectivity index (χ1n) is 19.7. The Hall–Kier alpha value is -6.54. The smallest absolute Gasteiger partial charge is 0.0362 e. The van der Waals surface area contributed by atoms with Crippen molar-refractivity contribution in [1.82, 2.24) is 0 Å². The van der Waals surface area contributed by atoms with Crippen LogP contribution in [0, 0.1) is 0 Å². The van der Waals surface area contributed by atoms with Crippen molar-refractivity contribution in [2.24, 2.45) is 0 Å². The number of rotatable bonds is 2. The Morgan fingerprint density at radius 1 is 0.321 bits per heavy atom. The summed E-state index contributed by atoms with van der Waals surface area (Å²) in [4.78, 5) is 0. The quantitative estimate of drug-likeness (QED) is 0.156. The monoisotopic (exact) mass is 726 g/mol. The molecule has 0 fully saturated rings. The molecule has 1 heterocycles. The lowest BCUT2D eigenvalue weighted by molar-refractivity contribution is 0.660. The van der Waals surface area contributed by atoms with Crippen LogP contribution in [0.2, 0.25) is 0 Å². The van der Waals surface area contributed by atoms with Gasteiger partial charge in [-0.1, -0.05) is 166 Å². The van der Waals surface area contributed by atoms with E-state index in [1.807, 2.05) is 11.3 Å². The van der Waals surface area contributed by atoms with Crippen LogP contribution in [0.4, 0.5) is 0 Å². The van der Waals surface area contributed by atoms with Crippen LogP contribution in [0.1, 0.15) is 25.0 Å². The van der Waals surface area contributed by atoms with Gasteiger partial charge in [-0.25, -0.2) is 0 Å². The lowest BCUT2D eigenvalue weighted by atomic mass is 9.81. The van der Waals surface area contributed by atoms with E-state index in [-0.39, 0.29) is 5.41 Å². The highest BCUT2D eigenvalue weighted by molar-refractivity contribution is 7.26. The molecule has 12 aromatic rings. The van der Waals surface area contributed by atoms with E-state index in [4.69, 9.17) is 0 Å². The van der Waals surface area contributed by atoms with Crippen LogP contribution in [-0.2, 0) is 5.41 Å². The third-order valence-electron chi connectivity index (χ3n) is 13.2. The molecule has 1 aromatic heterocycles. The highest BCUT2D eigenvalue weighted by atomic mass is 32.1. The van der Waals surface area contributed by atoms with E-state index >= 15 is 0 Å². The van der Waals surface area contributed by atoms with Gasteiger partial charge in [0.1, 0.15) is 0 Å². The Bertz CT molecular complexity index is 3640. The first kappa shape index (κ1) is 30.7. The number of benzene rings is 11. The number of fused-ring (bicyclic) bond motifs is 13. The van der Waals surface area contributed by atoms with Crippen molar-refractivity contribution >= 4 is 96.1 Å². The van der Waals surface area contributed by atoms with Crippen LogP contribution < -0.4 is 0 Å². The molecule has 11 aromatic carbocycles. The Kier molecular flexibility index (Phi) is 5.94. The van der Waals surface area contributed by atoms with Crippen molar-refractivity contribution in [3.63, 3.8) is 0 Å². The lowest BCUT2D eigenvalue weighted by Gasteiger charge is -2.22. The van der Waals surface area contributed by atoms with Gasteiger partial charge < -0.3 is 0 Å². The molecule has 0 atom stereocenters. The zero-order chi connectivity index (χ0) is 36.9. The molecule has 0 N–H and O–H groups in total. The van der Waals surface area contributed by atoms with Crippen molar-refractivity contribution in [3.05, 3.63) is 181 Å². The van der Waals surface area contributed by atoms with E-state index in [9.17, 15) is 0 Å².